The van der Waals surface area contributed by atoms with Gasteiger partial charge in [-0.3, -0.25) is 9.78 Å². The predicted octanol–water partition coefficient (Wildman–Crippen LogP) is 5.32. The molecule has 0 saturated carbocycles. The molecule has 2 heterocycles. The van der Waals surface area contributed by atoms with E-state index in [1.54, 1.807) is 36.5 Å². The lowest BCUT2D eigenvalue weighted by Crippen LogP contribution is -2.24. The quantitative estimate of drug-likeness (QED) is 0.392. The number of nitrogens with one attached hydrogen (secondary N) is 2. The number of aromatic hydroxyl groups is 1. The van der Waals surface area contributed by atoms with Crippen molar-refractivity contribution >= 4 is 51.5 Å². The van der Waals surface area contributed by atoms with Crippen LogP contribution in [0.2, 0.25) is 10.0 Å². The molecule has 0 saturated heterocycles. The lowest BCUT2D eigenvalue weighted by Gasteiger charge is -2.13. The zero-order chi connectivity index (χ0) is 21.1. The Balaban J connectivity index is 1.67. The van der Waals surface area contributed by atoms with E-state index in [4.69, 9.17) is 23.2 Å². The molecule has 1 amide bonds. The standard InChI is InChI=1S/C22H16Cl2N4O2/c23-14-9-13(10-15(24)11-14)12-26-22(30)19-20(29)18-17(7-4-8-25-18)21(28-19)27-16-5-2-1-3-6-16/h1-11,29H,12H2,(H,26,30)(H,27,28). The summed E-state index contributed by atoms with van der Waals surface area (Å²) in [7, 11) is 0. The lowest BCUT2D eigenvalue weighted by molar-refractivity contribution is 0.0943. The van der Waals surface area contributed by atoms with Crippen molar-refractivity contribution in [2.24, 2.45) is 0 Å². The van der Waals surface area contributed by atoms with Crippen molar-refractivity contribution < 1.29 is 9.90 Å². The van der Waals surface area contributed by atoms with Gasteiger partial charge in [-0.2, -0.15) is 0 Å². The maximum absolute atomic E-state index is 12.8. The topological polar surface area (TPSA) is 87.1 Å². The molecule has 8 heteroatoms. The van der Waals surface area contributed by atoms with Crippen LogP contribution in [0.15, 0.2) is 66.9 Å². The van der Waals surface area contributed by atoms with Gasteiger partial charge in [0.05, 0.1) is 0 Å². The number of halogens is 2. The van der Waals surface area contributed by atoms with Gasteiger partial charge in [-0.1, -0.05) is 41.4 Å². The van der Waals surface area contributed by atoms with Crippen molar-refractivity contribution in [2.75, 3.05) is 5.32 Å². The van der Waals surface area contributed by atoms with Gasteiger partial charge in [0.25, 0.3) is 5.91 Å². The Morgan fingerprint density at radius 1 is 1.00 bits per heavy atom. The summed E-state index contributed by atoms with van der Waals surface area (Å²) in [6, 6.07) is 17.9. The molecule has 0 aliphatic carbocycles. The second kappa shape index (κ2) is 8.57. The van der Waals surface area contributed by atoms with E-state index in [1.807, 2.05) is 30.3 Å². The summed E-state index contributed by atoms with van der Waals surface area (Å²) in [4.78, 5) is 21.4. The van der Waals surface area contributed by atoms with Crippen LogP contribution < -0.4 is 10.6 Å². The van der Waals surface area contributed by atoms with E-state index in [2.05, 4.69) is 20.6 Å². The molecule has 0 aliphatic heterocycles. The minimum absolute atomic E-state index is 0.132. The van der Waals surface area contributed by atoms with Crippen LogP contribution >= 0.6 is 23.2 Å². The lowest BCUT2D eigenvalue weighted by atomic mass is 10.1. The van der Waals surface area contributed by atoms with E-state index in [1.165, 1.54) is 0 Å². The highest BCUT2D eigenvalue weighted by Crippen LogP contribution is 2.32. The summed E-state index contributed by atoms with van der Waals surface area (Å²) in [6.07, 6.45) is 1.55. The zero-order valence-electron chi connectivity index (χ0n) is 15.6. The SMILES string of the molecule is O=C(NCc1cc(Cl)cc(Cl)c1)c1nc(Nc2ccccc2)c2cccnc2c1O. The number of para-hydroxylation sites is 1. The molecule has 30 heavy (non-hydrogen) atoms. The Morgan fingerprint density at radius 3 is 2.47 bits per heavy atom. The van der Waals surface area contributed by atoms with E-state index in [-0.39, 0.29) is 23.5 Å². The molecule has 4 rings (SSSR count). The summed E-state index contributed by atoms with van der Waals surface area (Å²) in [5.41, 5.74) is 1.66. The average molecular weight is 439 g/mol. The number of hydrogen-bond acceptors (Lipinski definition) is 5. The molecule has 0 bridgehead atoms. The second-order valence-corrected chi connectivity index (χ2v) is 7.38. The first-order valence-corrected chi connectivity index (χ1v) is 9.80. The maximum atomic E-state index is 12.8. The monoisotopic (exact) mass is 438 g/mol. The van der Waals surface area contributed by atoms with Gasteiger partial charge < -0.3 is 15.7 Å². The number of anilines is 2. The molecular formula is C22H16Cl2N4O2. The predicted molar refractivity (Wildman–Crippen MR) is 119 cm³/mol. The Hall–Kier alpha value is -3.35. The third kappa shape index (κ3) is 4.30. The van der Waals surface area contributed by atoms with Crippen molar-refractivity contribution in [3.8, 4) is 5.75 Å². The smallest absolute Gasteiger partial charge is 0.274 e. The van der Waals surface area contributed by atoms with Crippen LogP contribution in [0.3, 0.4) is 0 Å². The van der Waals surface area contributed by atoms with Crippen LogP contribution in [0, 0.1) is 0 Å². The van der Waals surface area contributed by atoms with Gasteiger partial charge in [0.2, 0.25) is 0 Å². The summed E-state index contributed by atoms with van der Waals surface area (Å²) >= 11 is 12.0. The molecule has 2 aromatic heterocycles. The highest BCUT2D eigenvalue weighted by molar-refractivity contribution is 6.34. The molecule has 6 nitrogen and oxygen atoms in total. The highest BCUT2D eigenvalue weighted by atomic mass is 35.5. The molecule has 3 N–H and O–H groups in total. The fourth-order valence-corrected chi connectivity index (χ4v) is 3.58. The number of hydrogen-bond donors (Lipinski definition) is 3. The fourth-order valence-electron chi connectivity index (χ4n) is 3.01. The minimum atomic E-state index is -0.549. The van der Waals surface area contributed by atoms with Gasteiger partial charge in [0.15, 0.2) is 11.4 Å². The molecule has 0 aliphatic rings. The number of amides is 1. The Bertz CT molecular complexity index is 1210. The van der Waals surface area contributed by atoms with Gasteiger partial charge in [0.1, 0.15) is 11.3 Å². The maximum Gasteiger partial charge on any atom is 0.274 e. The van der Waals surface area contributed by atoms with Crippen molar-refractivity contribution in [1.82, 2.24) is 15.3 Å². The number of nitrogens with zero attached hydrogens (tertiary/aromatic N) is 2. The first-order valence-electron chi connectivity index (χ1n) is 9.04. The Labute approximate surface area is 182 Å². The van der Waals surface area contributed by atoms with Gasteiger partial charge >= 0.3 is 0 Å². The molecule has 4 aromatic rings. The summed E-state index contributed by atoms with van der Waals surface area (Å²) in [5, 5.41) is 18.1. The number of aromatic nitrogens is 2. The molecule has 150 valence electrons. The molecular weight excluding hydrogens is 423 g/mol. The van der Waals surface area contributed by atoms with E-state index in [0.717, 1.165) is 11.3 Å². The number of rotatable bonds is 5. The highest BCUT2D eigenvalue weighted by Gasteiger charge is 2.20. The summed E-state index contributed by atoms with van der Waals surface area (Å²) in [6.45, 7) is 0.169. The third-order valence-corrected chi connectivity index (χ3v) is 4.80. The van der Waals surface area contributed by atoms with E-state index >= 15 is 0 Å². The normalized spacial score (nSPS) is 10.7. The molecule has 2 aromatic carbocycles. The van der Waals surface area contributed by atoms with E-state index < -0.39 is 5.91 Å². The largest absolute Gasteiger partial charge is 0.504 e. The molecule has 0 spiro atoms. The van der Waals surface area contributed by atoms with Crippen molar-refractivity contribution in [3.63, 3.8) is 0 Å². The van der Waals surface area contributed by atoms with Crippen molar-refractivity contribution in [3.05, 3.63) is 88.2 Å². The average Bonchev–Trinajstić information content (AvgIpc) is 2.74. The van der Waals surface area contributed by atoms with Crippen LogP contribution in [0.4, 0.5) is 11.5 Å². The first-order chi connectivity index (χ1) is 14.5. The van der Waals surface area contributed by atoms with Gasteiger partial charge in [-0.15, -0.1) is 0 Å². The van der Waals surface area contributed by atoms with E-state index in [9.17, 15) is 9.90 Å². The van der Waals surface area contributed by atoms with Crippen LogP contribution in [-0.4, -0.2) is 21.0 Å². The zero-order valence-corrected chi connectivity index (χ0v) is 17.1. The number of benzene rings is 2. The number of carbonyl (C=O) groups excluding carboxylic acids is 1. The van der Waals surface area contributed by atoms with Crippen LogP contribution in [0.5, 0.6) is 5.75 Å². The van der Waals surface area contributed by atoms with E-state index in [0.29, 0.717) is 21.2 Å². The van der Waals surface area contributed by atoms with Crippen LogP contribution in [0.25, 0.3) is 10.9 Å². The Kier molecular flexibility index (Phi) is 5.70. The van der Waals surface area contributed by atoms with Crippen molar-refractivity contribution in [2.45, 2.75) is 6.54 Å². The number of pyridine rings is 2. The summed E-state index contributed by atoms with van der Waals surface area (Å²) in [5.74, 6) is -0.420. The fraction of sp³-hybridized carbons (Fsp3) is 0.0455. The molecule has 0 atom stereocenters. The van der Waals surface area contributed by atoms with Crippen molar-refractivity contribution in [1.29, 1.82) is 0 Å². The molecule has 0 fully saturated rings. The summed E-state index contributed by atoms with van der Waals surface area (Å²) < 4.78 is 0. The van der Waals surface area contributed by atoms with Crippen LogP contribution in [-0.2, 0) is 6.54 Å². The Morgan fingerprint density at radius 2 is 1.73 bits per heavy atom. The third-order valence-electron chi connectivity index (χ3n) is 4.36. The van der Waals surface area contributed by atoms with Gasteiger partial charge in [-0.05, 0) is 48.0 Å². The first kappa shape index (κ1) is 19.9. The van der Waals surface area contributed by atoms with Gasteiger partial charge in [0, 0.05) is 33.9 Å². The molecule has 0 unspecified atom stereocenters. The number of carbonyl (C=O) groups is 1. The minimum Gasteiger partial charge on any atom is -0.504 e. The van der Waals surface area contributed by atoms with Gasteiger partial charge in [-0.25, -0.2) is 4.98 Å². The molecule has 0 radical (unpaired) electrons. The van der Waals surface area contributed by atoms with Crippen LogP contribution in [0.1, 0.15) is 16.1 Å². The second-order valence-electron chi connectivity index (χ2n) is 6.51. The number of fused-ring (bicyclic) bond motifs is 1.